The van der Waals surface area contributed by atoms with Crippen LogP contribution in [0, 0.1) is 5.82 Å². The number of aromatic nitrogens is 1. The second-order valence-corrected chi connectivity index (χ2v) is 7.44. The van der Waals surface area contributed by atoms with Crippen LogP contribution in [-0.2, 0) is 23.9 Å². The second kappa shape index (κ2) is 10.3. The number of hydrogen-bond acceptors (Lipinski definition) is 4. The number of methoxy groups -OCH3 is 1. The van der Waals surface area contributed by atoms with Gasteiger partial charge in [-0.3, -0.25) is 14.6 Å². The fourth-order valence-electron chi connectivity index (χ4n) is 3.39. The van der Waals surface area contributed by atoms with Crippen molar-refractivity contribution in [2.45, 2.75) is 25.6 Å². The zero-order valence-corrected chi connectivity index (χ0v) is 18.1. The van der Waals surface area contributed by atoms with Crippen LogP contribution in [0.5, 0.6) is 5.75 Å². The quantitative estimate of drug-likeness (QED) is 0.476. The number of halogens is 4. The lowest BCUT2D eigenvalue weighted by Crippen LogP contribution is -2.24. The Hall–Kier alpha value is -3.95. The average Bonchev–Trinajstić information content (AvgIpc) is 2.80. The van der Waals surface area contributed by atoms with Crippen molar-refractivity contribution < 1.29 is 31.9 Å². The molecule has 6 nitrogen and oxygen atoms in total. The maximum absolute atomic E-state index is 13.6. The first-order valence-electron chi connectivity index (χ1n) is 10.1. The van der Waals surface area contributed by atoms with Gasteiger partial charge in [-0.25, -0.2) is 4.39 Å². The highest BCUT2D eigenvalue weighted by Crippen LogP contribution is 2.33. The predicted molar refractivity (Wildman–Crippen MR) is 116 cm³/mol. The number of alkyl halides is 3. The van der Waals surface area contributed by atoms with Gasteiger partial charge in [0.2, 0.25) is 5.91 Å². The Bertz CT molecular complexity index is 1210. The third kappa shape index (κ3) is 6.09. The summed E-state index contributed by atoms with van der Waals surface area (Å²) in [5, 5.41) is 2.59. The number of carbonyl (C=O) groups excluding carboxylic acids is 2. The Labute approximate surface area is 192 Å². The van der Waals surface area contributed by atoms with Crippen LogP contribution in [0.1, 0.15) is 33.5 Å². The summed E-state index contributed by atoms with van der Waals surface area (Å²) < 4.78 is 58.8. The number of nitrogens with zero attached hydrogens (tertiary/aromatic N) is 1. The van der Waals surface area contributed by atoms with Gasteiger partial charge < -0.3 is 15.8 Å². The van der Waals surface area contributed by atoms with Crippen LogP contribution in [0.4, 0.5) is 17.6 Å². The molecule has 0 unspecified atom stereocenters. The van der Waals surface area contributed by atoms with E-state index in [9.17, 15) is 27.2 Å². The van der Waals surface area contributed by atoms with Gasteiger partial charge in [-0.05, 0) is 59.5 Å². The topological polar surface area (TPSA) is 94.3 Å². The van der Waals surface area contributed by atoms with Crippen LogP contribution in [0.3, 0.4) is 0 Å². The lowest BCUT2D eigenvalue weighted by Gasteiger charge is -2.15. The Morgan fingerprint density at radius 1 is 1.09 bits per heavy atom. The monoisotopic (exact) mass is 475 g/mol. The maximum atomic E-state index is 13.6. The van der Waals surface area contributed by atoms with Gasteiger partial charge in [0.1, 0.15) is 11.6 Å². The first-order valence-corrected chi connectivity index (χ1v) is 10.1. The molecule has 0 saturated heterocycles. The van der Waals surface area contributed by atoms with Crippen molar-refractivity contribution >= 4 is 11.8 Å². The Morgan fingerprint density at radius 2 is 1.85 bits per heavy atom. The van der Waals surface area contributed by atoms with E-state index in [4.69, 9.17) is 10.5 Å². The number of rotatable bonds is 8. The Morgan fingerprint density at radius 3 is 2.53 bits per heavy atom. The SMILES string of the molecule is COc1cc(F)ccc1-c1ccncc1CNC(=O)c1cc(CCC(N)=O)cc(C(F)(F)F)c1. The molecule has 0 radical (unpaired) electrons. The number of nitrogens with two attached hydrogens (primary N) is 1. The summed E-state index contributed by atoms with van der Waals surface area (Å²) >= 11 is 0. The third-order valence-corrected chi connectivity index (χ3v) is 5.04. The molecule has 34 heavy (non-hydrogen) atoms. The van der Waals surface area contributed by atoms with E-state index in [1.165, 1.54) is 43.8 Å². The van der Waals surface area contributed by atoms with Crippen LogP contribution in [0.2, 0.25) is 0 Å². The molecule has 3 N–H and O–H groups in total. The minimum atomic E-state index is -4.67. The van der Waals surface area contributed by atoms with Gasteiger partial charge in [-0.1, -0.05) is 0 Å². The van der Waals surface area contributed by atoms with Gasteiger partial charge in [-0.15, -0.1) is 0 Å². The van der Waals surface area contributed by atoms with Crippen molar-refractivity contribution in [3.8, 4) is 16.9 Å². The molecule has 2 amide bonds. The third-order valence-electron chi connectivity index (χ3n) is 5.04. The van der Waals surface area contributed by atoms with Crippen LogP contribution >= 0.6 is 0 Å². The highest BCUT2D eigenvalue weighted by Gasteiger charge is 2.31. The lowest BCUT2D eigenvalue weighted by molar-refractivity contribution is -0.137. The summed E-state index contributed by atoms with van der Waals surface area (Å²) in [6.45, 7) is -0.0601. The number of amides is 2. The molecule has 2 aromatic carbocycles. The van der Waals surface area contributed by atoms with E-state index in [0.717, 1.165) is 12.1 Å². The number of aryl methyl sites for hydroxylation is 1. The van der Waals surface area contributed by atoms with Gasteiger partial charge >= 0.3 is 6.18 Å². The van der Waals surface area contributed by atoms with Crippen LogP contribution in [0.25, 0.3) is 11.1 Å². The summed E-state index contributed by atoms with van der Waals surface area (Å²) in [5.74, 6) is -1.62. The molecular weight excluding hydrogens is 454 g/mol. The molecule has 0 bridgehead atoms. The van der Waals surface area contributed by atoms with Gasteiger partial charge in [0, 0.05) is 42.6 Å². The van der Waals surface area contributed by atoms with Crippen LogP contribution in [-0.4, -0.2) is 23.9 Å². The molecule has 0 aliphatic heterocycles. The number of primary amides is 1. The van der Waals surface area contributed by atoms with E-state index >= 15 is 0 Å². The molecular formula is C24H21F4N3O3. The number of carbonyl (C=O) groups is 2. The minimum Gasteiger partial charge on any atom is -0.496 e. The van der Waals surface area contributed by atoms with Crippen molar-refractivity contribution in [1.82, 2.24) is 10.3 Å². The second-order valence-electron chi connectivity index (χ2n) is 7.44. The molecule has 0 aliphatic carbocycles. The van der Waals surface area contributed by atoms with Gasteiger partial charge in [0.25, 0.3) is 5.91 Å². The van der Waals surface area contributed by atoms with Gasteiger partial charge in [-0.2, -0.15) is 13.2 Å². The molecule has 3 aromatic rings. The fourth-order valence-corrected chi connectivity index (χ4v) is 3.39. The van der Waals surface area contributed by atoms with Crippen LogP contribution in [0.15, 0.2) is 54.9 Å². The van der Waals surface area contributed by atoms with Gasteiger partial charge in [0.15, 0.2) is 0 Å². The molecule has 0 aliphatic rings. The highest BCUT2D eigenvalue weighted by atomic mass is 19.4. The number of ether oxygens (including phenoxy) is 1. The molecule has 0 atom stereocenters. The molecule has 3 rings (SSSR count). The zero-order valence-electron chi connectivity index (χ0n) is 18.1. The smallest absolute Gasteiger partial charge is 0.416 e. The molecule has 1 heterocycles. The highest BCUT2D eigenvalue weighted by molar-refractivity contribution is 5.94. The van der Waals surface area contributed by atoms with Gasteiger partial charge in [0.05, 0.1) is 12.7 Å². The number of hydrogen-bond donors (Lipinski definition) is 2. The number of benzene rings is 2. The van der Waals surface area contributed by atoms with Crippen molar-refractivity contribution in [3.63, 3.8) is 0 Å². The minimum absolute atomic E-state index is 0.0311. The predicted octanol–water partition coefficient (Wildman–Crippen LogP) is 4.26. The first kappa shape index (κ1) is 24.7. The Balaban J connectivity index is 1.87. The van der Waals surface area contributed by atoms with Crippen molar-refractivity contribution in [2.75, 3.05) is 7.11 Å². The number of pyridine rings is 1. The van der Waals surface area contributed by atoms with Crippen molar-refractivity contribution in [1.29, 1.82) is 0 Å². The van der Waals surface area contributed by atoms with Crippen molar-refractivity contribution in [2.24, 2.45) is 5.73 Å². The molecule has 0 saturated carbocycles. The molecule has 10 heteroatoms. The molecule has 1 aromatic heterocycles. The zero-order chi connectivity index (χ0) is 24.9. The standard InChI is InChI=1S/C24H21F4N3O3/c1-34-21-11-18(25)3-4-20(21)19-6-7-30-12-16(19)13-31-23(33)15-8-14(2-5-22(29)32)9-17(10-15)24(26,27)28/h3-4,6-12H,2,5,13H2,1H3,(H2,29,32)(H,31,33). The fraction of sp³-hybridized carbons (Fsp3) is 0.208. The lowest BCUT2D eigenvalue weighted by atomic mass is 9.99. The summed E-state index contributed by atoms with van der Waals surface area (Å²) in [6, 6.07) is 8.58. The summed E-state index contributed by atoms with van der Waals surface area (Å²) in [7, 11) is 1.39. The molecule has 0 spiro atoms. The van der Waals surface area contributed by atoms with E-state index < -0.39 is 29.4 Å². The number of nitrogens with one attached hydrogen (secondary N) is 1. The Kier molecular flexibility index (Phi) is 7.50. The maximum Gasteiger partial charge on any atom is 0.416 e. The van der Waals surface area contributed by atoms with Crippen LogP contribution < -0.4 is 15.8 Å². The molecule has 0 fully saturated rings. The van der Waals surface area contributed by atoms with E-state index in [1.54, 1.807) is 6.07 Å². The van der Waals surface area contributed by atoms with E-state index in [2.05, 4.69) is 10.3 Å². The average molecular weight is 475 g/mol. The normalized spacial score (nSPS) is 11.2. The van der Waals surface area contributed by atoms with Crippen molar-refractivity contribution in [3.05, 3.63) is 82.9 Å². The summed E-state index contributed by atoms with van der Waals surface area (Å²) in [5.41, 5.74) is 5.75. The van der Waals surface area contributed by atoms with E-state index in [1.807, 2.05) is 0 Å². The summed E-state index contributed by atoms with van der Waals surface area (Å²) in [6.07, 6.45) is -1.85. The summed E-state index contributed by atoms with van der Waals surface area (Å²) in [4.78, 5) is 27.8. The first-order chi connectivity index (χ1) is 16.1. The van der Waals surface area contributed by atoms with E-state index in [-0.39, 0.29) is 36.3 Å². The van der Waals surface area contributed by atoms with E-state index in [0.29, 0.717) is 16.7 Å². The largest absolute Gasteiger partial charge is 0.496 e. The molecule has 178 valence electrons.